The van der Waals surface area contributed by atoms with E-state index in [-0.39, 0.29) is 6.79 Å². The van der Waals surface area contributed by atoms with E-state index in [0.717, 1.165) is 38.0 Å². The van der Waals surface area contributed by atoms with Crippen molar-refractivity contribution in [2.45, 2.75) is 32.2 Å². The summed E-state index contributed by atoms with van der Waals surface area (Å²) < 4.78 is 11.7. The molecule has 184 valence electrons. The first kappa shape index (κ1) is 25.6. The Labute approximate surface area is 213 Å². The van der Waals surface area contributed by atoms with E-state index in [9.17, 15) is 0 Å². The van der Waals surface area contributed by atoms with Crippen molar-refractivity contribution in [3.05, 3.63) is 102 Å². The highest BCUT2D eigenvalue weighted by Gasteiger charge is 2.19. The van der Waals surface area contributed by atoms with Gasteiger partial charge in [-0.05, 0) is 79.7 Å². The van der Waals surface area contributed by atoms with Gasteiger partial charge in [-0.15, -0.1) is 0 Å². The highest BCUT2D eigenvalue weighted by Crippen LogP contribution is 2.31. The quantitative estimate of drug-likeness (QED) is 0.299. The minimum absolute atomic E-state index is 0.264. The number of hydrogen-bond acceptors (Lipinski definition) is 3. The second-order valence-corrected chi connectivity index (χ2v) is 11.1. The lowest BCUT2D eigenvalue weighted by Gasteiger charge is -2.22. The minimum atomic E-state index is 0.264. The maximum atomic E-state index is 6.30. The second-order valence-electron chi connectivity index (χ2n) is 9.73. The summed E-state index contributed by atoms with van der Waals surface area (Å²) in [6, 6.07) is 13.6. The lowest BCUT2D eigenvalue weighted by atomic mass is 9.89. The Morgan fingerprint density at radius 1 is 0.857 bits per heavy atom. The molecule has 0 fully saturated rings. The molecule has 3 unspecified atom stereocenters. The molecule has 0 saturated carbocycles. The summed E-state index contributed by atoms with van der Waals surface area (Å²) in [4.78, 5) is 2.24. The smallest absolute Gasteiger partial charge is 0.188 e. The predicted molar refractivity (Wildman–Crippen MR) is 151 cm³/mol. The molecule has 0 radical (unpaired) electrons. The first-order valence-electron chi connectivity index (χ1n) is 12.6. The van der Waals surface area contributed by atoms with Crippen LogP contribution in [-0.4, -0.2) is 32.9 Å². The predicted octanol–water partition coefficient (Wildman–Crippen LogP) is 5.71. The van der Waals surface area contributed by atoms with Crippen LogP contribution in [0.4, 0.5) is 0 Å². The van der Waals surface area contributed by atoms with Crippen molar-refractivity contribution in [3.8, 4) is 5.75 Å². The SMILES string of the molecule is COCOc1c(CC2C=CC=CC2)cc(CC2C=CC=CC2)cc1Pc1ccccc1CN(C)C. The first-order valence-corrected chi connectivity index (χ1v) is 13.6. The van der Waals surface area contributed by atoms with E-state index in [4.69, 9.17) is 9.47 Å². The molecule has 2 aromatic rings. The molecule has 0 bridgehead atoms. The van der Waals surface area contributed by atoms with E-state index in [1.54, 1.807) is 7.11 Å². The Morgan fingerprint density at radius 3 is 2.23 bits per heavy atom. The van der Waals surface area contributed by atoms with Crippen LogP contribution < -0.4 is 15.3 Å². The van der Waals surface area contributed by atoms with E-state index in [1.807, 2.05) is 0 Å². The van der Waals surface area contributed by atoms with Crippen LogP contribution in [0.1, 0.15) is 29.5 Å². The highest BCUT2D eigenvalue weighted by atomic mass is 31.1. The van der Waals surface area contributed by atoms with Gasteiger partial charge in [0.1, 0.15) is 5.75 Å². The molecule has 0 aromatic heterocycles. The number of rotatable bonds is 11. The molecule has 4 rings (SSSR count). The van der Waals surface area contributed by atoms with Crippen LogP contribution in [0.15, 0.2) is 85.0 Å². The topological polar surface area (TPSA) is 21.7 Å². The zero-order valence-electron chi connectivity index (χ0n) is 21.2. The lowest BCUT2D eigenvalue weighted by Crippen LogP contribution is -2.20. The molecule has 2 aromatic carbocycles. The fraction of sp³-hybridized carbons (Fsp3) is 0.355. The van der Waals surface area contributed by atoms with Crippen LogP contribution in [0.25, 0.3) is 0 Å². The van der Waals surface area contributed by atoms with Crippen LogP contribution in [0.5, 0.6) is 5.75 Å². The van der Waals surface area contributed by atoms with Crippen LogP contribution in [0.3, 0.4) is 0 Å². The molecule has 0 heterocycles. The highest BCUT2D eigenvalue weighted by molar-refractivity contribution is 7.55. The zero-order valence-corrected chi connectivity index (χ0v) is 22.2. The van der Waals surface area contributed by atoms with E-state index in [2.05, 4.69) is 104 Å². The van der Waals surface area contributed by atoms with Crippen molar-refractivity contribution in [1.82, 2.24) is 4.90 Å². The van der Waals surface area contributed by atoms with Crippen molar-refractivity contribution in [3.63, 3.8) is 0 Å². The molecule has 2 aliphatic carbocycles. The minimum Gasteiger partial charge on any atom is -0.467 e. The molecule has 3 atom stereocenters. The number of ether oxygens (including phenoxy) is 2. The van der Waals surface area contributed by atoms with Crippen LogP contribution in [-0.2, 0) is 24.1 Å². The third-order valence-electron chi connectivity index (χ3n) is 6.44. The third-order valence-corrected chi connectivity index (χ3v) is 7.84. The van der Waals surface area contributed by atoms with E-state index < -0.39 is 0 Å². The molecule has 0 aliphatic heterocycles. The maximum absolute atomic E-state index is 6.30. The van der Waals surface area contributed by atoms with Crippen molar-refractivity contribution in [1.29, 1.82) is 0 Å². The van der Waals surface area contributed by atoms with Gasteiger partial charge in [-0.1, -0.05) is 87.5 Å². The van der Waals surface area contributed by atoms with E-state index in [0.29, 0.717) is 20.4 Å². The summed E-state index contributed by atoms with van der Waals surface area (Å²) >= 11 is 0. The molecule has 0 amide bonds. The normalized spacial score (nSPS) is 19.3. The monoisotopic (exact) mass is 487 g/mol. The summed E-state index contributed by atoms with van der Waals surface area (Å²) in [5, 5.41) is 2.67. The van der Waals surface area contributed by atoms with Gasteiger partial charge in [0, 0.05) is 19.0 Å². The molecule has 0 spiro atoms. The molecule has 0 N–H and O–H groups in total. The fourth-order valence-corrected chi connectivity index (χ4v) is 6.22. The van der Waals surface area contributed by atoms with Gasteiger partial charge in [-0.2, -0.15) is 0 Å². The number of benzene rings is 2. The average molecular weight is 488 g/mol. The largest absolute Gasteiger partial charge is 0.467 e. The van der Waals surface area contributed by atoms with Crippen LogP contribution >= 0.6 is 8.58 Å². The molecule has 2 aliphatic rings. The van der Waals surface area contributed by atoms with Crippen molar-refractivity contribution >= 4 is 19.2 Å². The first-order chi connectivity index (χ1) is 17.1. The Balaban J connectivity index is 1.72. The van der Waals surface area contributed by atoms with Crippen LogP contribution in [0, 0.1) is 11.8 Å². The summed E-state index contributed by atoms with van der Waals surface area (Å²) in [7, 11) is 6.48. The van der Waals surface area contributed by atoms with Gasteiger partial charge in [-0.3, -0.25) is 0 Å². The zero-order chi connectivity index (χ0) is 24.5. The molecular weight excluding hydrogens is 449 g/mol. The summed E-state index contributed by atoms with van der Waals surface area (Å²) in [5.74, 6) is 2.05. The van der Waals surface area contributed by atoms with Crippen molar-refractivity contribution in [2.24, 2.45) is 11.8 Å². The Hall–Kier alpha value is -2.45. The van der Waals surface area contributed by atoms with Crippen molar-refractivity contribution in [2.75, 3.05) is 28.0 Å². The molecule has 0 saturated heterocycles. The van der Waals surface area contributed by atoms with Gasteiger partial charge in [0.05, 0.1) is 0 Å². The Kier molecular flexibility index (Phi) is 9.54. The number of methoxy groups -OCH3 is 1. The Morgan fingerprint density at radius 2 is 1.57 bits per heavy atom. The number of hydrogen-bond donors (Lipinski definition) is 0. The van der Waals surface area contributed by atoms with Crippen LogP contribution in [0.2, 0.25) is 0 Å². The standard InChI is InChI=1S/C31H38NO2P/c1-32(2)22-27-16-10-11-17-29(27)35-30-21-26(18-24-12-6-4-7-13-24)20-28(31(30)34-23-33-3)19-25-14-8-5-9-15-25/h4-12,14,16-17,20-21,24-25,35H,13,15,18-19,22-23H2,1-3H3. The van der Waals surface area contributed by atoms with Gasteiger partial charge >= 0.3 is 0 Å². The second kappa shape index (κ2) is 13.0. The average Bonchev–Trinajstić information content (AvgIpc) is 2.86. The number of allylic oxidation sites excluding steroid dienone is 8. The Bertz CT molecular complexity index is 1100. The van der Waals surface area contributed by atoms with Gasteiger partial charge in [0.25, 0.3) is 0 Å². The summed E-state index contributed by atoms with van der Waals surface area (Å²) in [6.45, 7) is 1.20. The van der Waals surface area contributed by atoms with Crippen molar-refractivity contribution < 1.29 is 9.47 Å². The molecule has 4 heteroatoms. The van der Waals surface area contributed by atoms with Gasteiger partial charge in [0.15, 0.2) is 6.79 Å². The van der Waals surface area contributed by atoms with Gasteiger partial charge < -0.3 is 14.4 Å². The van der Waals surface area contributed by atoms with Gasteiger partial charge in [0.2, 0.25) is 0 Å². The number of nitrogens with zero attached hydrogens (tertiary/aromatic N) is 1. The fourth-order valence-electron chi connectivity index (χ4n) is 4.82. The molecular formula is C31H38NO2P. The third kappa shape index (κ3) is 7.51. The molecule has 3 nitrogen and oxygen atoms in total. The summed E-state index contributed by atoms with van der Waals surface area (Å²) in [5.41, 5.74) is 4.08. The molecule has 35 heavy (non-hydrogen) atoms. The van der Waals surface area contributed by atoms with Gasteiger partial charge in [-0.25, -0.2) is 0 Å². The van der Waals surface area contributed by atoms with E-state index >= 15 is 0 Å². The maximum Gasteiger partial charge on any atom is 0.188 e. The van der Waals surface area contributed by atoms with E-state index in [1.165, 1.54) is 27.3 Å². The summed E-state index contributed by atoms with van der Waals surface area (Å²) in [6.07, 6.45) is 22.1. The lowest BCUT2D eigenvalue weighted by molar-refractivity contribution is 0.0511.